The zero-order valence-electron chi connectivity index (χ0n) is 71.5. The van der Waals surface area contributed by atoms with Crippen molar-refractivity contribution in [1.29, 1.82) is 0 Å². The van der Waals surface area contributed by atoms with Crippen molar-refractivity contribution in [3.63, 3.8) is 0 Å². The number of amides is 14. The van der Waals surface area contributed by atoms with E-state index in [0.29, 0.717) is 19.6 Å². The summed E-state index contributed by atoms with van der Waals surface area (Å²) in [5.74, 6) is -13.2. The number of nitrogens with one attached hydrogen (secondary N) is 12. The Morgan fingerprint density at radius 3 is 1.74 bits per heavy atom. The SMILES string of the molecule is CC[C@H](C)[C@@H]([C@H](C)CC(=O)N1CCC[C@H]1[C@H](C)[C@@H](C)C(=O)N[C@@H](Cc1ccccc1)C(=O)NCCCOC(=O)[C@H](C)NC(=O)C[C@H](NC(=O)CCNC(=O)OC[C@H](CC(=O)CNC(=O)CNC(=O)CNC(=O)CNC(=O)CCNC(=O)CCOCC(C)(C)C)C(=O)NCCOC)C(=O)O)N(C)C(=O)[C@@H](NC(=O)[C@H](C(C)C)N(C)C)C(C)C. The molecule has 0 radical (unpaired) electrons. The summed E-state index contributed by atoms with van der Waals surface area (Å²) in [5.41, 5.74) is 0.715. The van der Waals surface area contributed by atoms with Crippen LogP contribution in [0.15, 0.2) is 30.3 Å². The second-order valence-electron chi connectivity index (χ2n) is 31.9. The largest absolute Gasteiger partial charge is 0.480 e. The number of carboxylic acid groups (broad SMARTS) is 1. The number of ketones is 1. The summed E-state index contributed by atoms with van der Waals surface area (Å²) >= 11 is 0. The predicted molar refractivity (Wildman–Crippen MR) is 431 cm³/mol. The zero-order valence-corrected chi connectivity index (χ0v) is 71.5. The van der Waals surface area contributed by atoms with E-state index >= 15 is 0 Å². The van der Waals surface area contributed by atoms with Gasteiger partial charge in [0.15, 0.2) is 5.78 Å². The highest BCUT2D eigenvalue weighted by Crippen LogP contribution is 2.33. The molecular weight excluding hydrogens is 1520 g/mol. The number of alkyl carbamates (subject to hydrolysis) is 1. The molecule has 37 heteroatoms. The van der Waals surface area contributed by atoms with Crippen LogP contribution in [0.5, 0.6) is 0 Å². The van der Waals surface area contributed by atoms with Crippen LogP contribution in [0.1, 0.15) is 160 Å². The summed E-state index contributed by atoms with van der Waals surface area (Å²) in [5, 5.41) is 39.6. The summed E-state index contributed by atoms with van der Waals surface area (Å²) in [6, 6.07) is 3.09. The number of benzene rings is 1. The topological polar surface area (TPSA) is 501 Å². The van der Waals surface area contributed by atoms with Crippen molar-refractivity contribution in [2.24, 2.45) is 46.8 Å². The number of carboxylic acids is 1. The molecule has 0 unspecified atom stereocenters. The van der Waals surface area contributed by atoms with Gasteiger partial charge < -0.3 is 97.7 Å². The van der Waals surface area contributed by atoms with Crippen molar-refractivity contribution in [1.82, 2.24) is 78.5 Å². The molecule has 1 saturated heterocycles. The van der Waals surface area contributed by atoms with Gasteiger partial charge in [0, 0.05) is 103 Å². The quantitative estimate of drug-likeness (QED) is 0.0301. The van der Waals surface area contributed by atoms with Gasteiger partial charge in [-0.05, 0) is 80.8 Å². The molecule has 1 fully saturated rings. The number of likely N-dealkylation sites (N-methyl/N-ethyl adjacent to an activating group) is 2. The maximum Gasteiger partial charge on any atom is 0.407 e. The fraction of sp³-hybridized carbons (Fsp3) is 0.713. The number of Topliss-reactive ketones (excluding diaryl/α,β-unsaturated/α-hetero) is 1. The smallest absolute Gasteiger partial charge is 0.407 e. The van der Waals surface area contributed by atoms with E-state index in [4.69, 9.17) is 18.9 Å². The Morgan fingerprint density at radius 1 is 0.564 bits per heavy atom. The number of methoxy groups -OCH3 is 1. The van der Waals surface area contributed by atoms with Gasteiger partial charge in [-0.3, -0.25) is 72.0 Å². The van der Waals surface area contributed by atoms with Crippen LogP contribution in [0.2, 0.25) is 0 Å². The molecule has 0 spiro atoms. The monoisotopic (exact) mass is 1660 g/mol. The molecule has 37 nitrogen and oxygen atoms in total. The Bertz CT molecular complexity index is 3420. The van der Waals surface area contributed by atoms with Gasteiger partial charge in [0.1, 0.15) is 30.8 Å². The average molecular weight is 1660 g/mol. The molecule has 660 valence electrons. The summed E-state index contributed by atoms with van der Waals surface area (Å²) in [7, 11) is 6.79. The van der Waals surface area contributed by atoms with Crippen LogP contribution in [0, 0.1) is 46.8 Å². The van der Waals surface area contributed by atoms with E-state index in [1.165, 1.54) is 14.0 Å². The lowest BCUT2D eigenvalue weighted by atomic mass is 9.84. The Balaban J connectivity index is 1.88. The van der Waals surface area contributed by atoms with Crippen molar-refractivity contribution in [2.75, 3.05) is 120 Å². The van der Waals surface area contributed by atoms with E-state index in [2.05, 4.69) is 70.7 Å². The maximum absolute atomic E-state index is 14.5. The van der Waals surface area contributed by atoms with Gasteiger partial charge >= 0.3 is 18.0 Å². The maximum atomic E-state index is 14.5. The third-order valence-corrected chi connectivity index (χ3v) is 19.7. The van der Waals surface area contributed by atoms with Crippen LogP contribution in [0.4, 0.5) is 4.79 Å². The van der Waals surface area contributed by atoms with E-state index in [9.17, 15) is 86.6 Å². The fourth-order valence-corrected chi connectivity index (χ4v) is 13.1. The molecule has 12 atom stereocenters. The molecule has 0 saturated carbocycles. The van der Waals surface area contributed by atoms with Gasteiger partial charge in [0.25, 0.3) is 0 Å². The van der Waals surface area contributed by atoms with Crippen LogP contribution < -0.4 is 63.8 Å². The molecule has 1 aromatic rings. The fourth-order valence-electron chi connectivity index (χ4n) is 13.1. The van der Waals surface area contributed by atoms with Crippen LogP contribution >= 0.6 is 0 Å². The van der Waals surface area contributed by atoms with Gasteiger partial charge in [-0.15, -0.1) is 0 Å². The molecule has 14 amide bonds. The third-order valence-electron chi connectivity index (χ3n) is 19.7. The van der Waals surface area contributed by atoms with E-state index in [1.807, 2.05) is 111 Å². The molecule has 1 aromatic carbocycles. The van der Waals surface area contributed by atoms with Crippen molar-refractivity contribution < 1.29 is 106 Å². The summed E-state index contributed by atoms with van der Waals surface area (Å²) in [6.07, 6.45) is -0.557. The van der Waals surface area contributed by atoms with Gasteiger partial charge in [-0.1, -0.05) is 120 Å². The van der Waals surface area contributed by atoms with Gasteiger partial charge in [-0.2, -0.15) is 0 Å². The molecule has 0 aliphatic carbocycles. The standard InChI is InChI=1S/C80H133N15O22/c1-18-50(6)71(94(16)76(109)69(48(2)3)92-75(108)70(49(4)5)93(14)15)51(7)38-68(104)95-34-22-26-60(95)52(8)53(9)72(105)91-58(39-55-24-20-19-21-25-55)74(107)82-30-23-35-116-78(112)54(10)89-64(100)41-59(77(110)111)90-63(99)28-32-84-79(113)117-46-56(73(106)83-33-37-114-17)40-57(96)42-85-65(101)44-87-67(103)45-88-66(102)43-86-61(97)27-31-81-62(98)29-36-115-47-80(11,12)13/h19-21,24-25,48-54,56,58-60,69-71H,18,22-23,26-47H2,1-17H3,(H,81,98)(H,82,107)(H,83,106)(H,84,113)(H,85,101)(H,86,97)(H,87,103)(H,88,102)(H,89,100)(H,90,99)(H,91,105)(H,92,108)(H,110,111)/t50-,51+,52+,53+,54-,56-,58-,59-,60-,69-,70-,71-/m0/s1. The number of hydrogen-bond donors (Lipinski definition) is 13. The number of hydrogen-bond acceptors (Lipinski definition) is 22. The Morgan fingerprint density at radius 2 is 1.15 bits per heavy atom. The molecular formula is C80H133N15O22. The number of nitrogens with zero attached hydrogens (tertiary/aromatic N) is 3. The van der Waals surface area contributed by atoms with E-state index in [0.717, 1.165) is 18.4 Å². The van der Waals surface area contributed by atoms with E-state index < -0.39 is 178 Å². The minimum Gasteiger partial charge on any atom is -0.480 e. The number of ether oxygens (including phenoxy) is 4. The Hall–Kier alpha value is -9.91. The number of esters is 1. The Kier molecular flexibility index (Phi) is 47.7. The highest BCUT2D eigenvalue weighted by atomic mass is 16.6. The van der Waals surface area contributed by atoms with Crippen LogP contribution in [0.3, 0.4) is 0 Å². The first-order valence-electron chi connectivity index (χ1n) is 40.3. The van der Waals surface area contributed by atoms with Crippen molar-refractivity contribution >= 4 is 101 Å². The lowest BCUT2D eigenvalue weighted by Gasteiger charge is -2.40. The first-order valence-corrected chi connectivity index (χ1v) is 40.3. The summed E-state index contributed by atoms with van der Waals surface area (Å²) in [6.45, 7) is 22.5. The first-order chi connectivity index (χ1) is 55.0. The van der Waals surface area contributed by atoms with Gasteiger partial charge in [0.05, 0.1) is 71.0 Å². The normalized spacial score (nSPS) is 15.5. The van der Waals surface area contributed by atoms with Crippen molar-refractivity contribution in [3.8, 4) is 0 Å². The molecule has 1 heterocycles. The van der Waals surface area contributed by atoms with Crippen molar-refractivity contribution in [2.45, 2.75) is 203 Å². The lowest BCUT2D eigenvalue weighted by Crippen LogP contribution is -2.58. The number of likely N-dealkylation sites (tertiary alicyclic amines) is 1. The number of carbonyl (C=O) groups excluding carboxylic acids is 16. The van der Waals surface area contributed by atoms with Crippen LogP contribution in [-0.4, -0.2) is 283 Å². The summed E-state index contributed by atoms with van der Waals surface area (Å²) < 4.78 is 20.9. The summed E-state index contributed by atoms with van der Waals surface area (Å²) in [4.78, 5) is 227. The molecule has 117 heavy (non-hydrogen) atoms. The van der Waals surface area contributed by atoms with Gasteiger partial charge in [-0.25, -0.2) is 14.4 Å². The third kappa shape index (κ3) is 40.7. The second kappa shape index (κ2) is 54.2. The number of aliphatic carboxylic acids is 1. The van der Waals surface area contributed by atoms with Crippen LogP contribution in [0.25, 0.3) is 0 Å². The first kappa shape index (κ1) is 103. The van der Waals surface area contributed by atoms with Crippen LogP contribution in [-0.2, 0) is 102 Å². The van der Waals surface area contributed by atoms with Gasteiger partial charge in [0.2, 0.25) is 76.8 Å². The highest BCUT2D eigenvalue weighted by molar-refractivity contribution is 5.95. The minimum atomic E-state index is -1.80. The Labute approximate surface area is 687 Å². The molecule has 0 aromatic heterocycles. The van der Waals surface area contributed by atoms with Crippen molar-refractivity contribution in [3.05, 3.63) is 35.9 Å². The molecule has 0 bridgehead atoms. The molecule has 1 aliphatic heterocycles. The second-order valence-corrected chi connectivity index (χ2v) is 31.9. The number of rotatable bonds is 55. The molecule has 13 N–H and O–H groups in total. The zero-order chi connectivity index (χ0) is 88.2. The lowest BCUT2D eigenvalue weighted by molar-refractivity contribution is -0.148. The minimum absolute atomic E-state index is 0.000138. The van der Waals surface area contributed by atoms with E-state index in [-0.39, 0.29) is 142 Å². The average Bonchev–Trinajstić information content (AvgIpc) is 1.80. The number of carbonyl (C=O) groups is 17. The predicted octanol–water partition coefficient (Wildman–Crippen LogP) is -0.00470. The highest BCUT2D eigenvalue weighted by Gasteiger charge is 2.42. The molecule has 1 aliphatic rings. The van der Waals surface area contributed by atoms with E-state index in [1.54, 1.807) is 31.0 Å². The molecule has 2 rings (SSSR count).